The van der Waals surface area contributed by atoms with E-state index < -0.39 is 5.60 Å². The number of hydrogen-bond acceptors (Lipinski definition) is 4. The molecule has 2 aromatic rings. The summed E-state index contributed by atoms with van der Waals surface area (Å²) >= 11 is 0. The van der Waals surface area contributed by atoms with Gasteiger partial charge in [-0.05, 0) is 24.6 Å². The fourth-order valence-electron chi connectivity index (χ4n) is 1.96. The molecule has 2 aromatic carbocycles. The van der Waals surface area contributed by atoms with Crippen molar-refractivity contribution in [3.63, 3.8) is 0 Å². The molecule has 4 heteroatoms. The Labute approximate surface area is 124 Å². The molecule has 0 heterocycles. The Morgan fingerprint density at radius 1 is 1.14 bits per heavy atom. The normalized spacial score (nSPS) is 13.0. The molecule has 21 heavy (non-hydrogen) atoms. The van der Waals surface area contributed by atoms with Gasteiger partial charge >= 0.3 is 0 Å². The first-order valence-electron chi connectivity index (χ1n) is 6.55. The van der Waals surface area contributed by atoms with Gasteiger partial charge in [0.05, 0.1) is 18.7 Å². The lowest BCUT2D eigenvalue weighted by atomic mass is 9.97. The largest absolute Gasteiger partial charge is 0.493 e. The molecule has 1 unspecified atom stereocenters. The minimum absolute atomic E-state index is 0.0826. The molecule has 0 saturated heterocycles. The predicted octanol–water partition coefficient (Wildman–Crippen LogP) is 2.85. The number of nitriles is 1. The lowest BCUT2D eigenvalue weighted by Gasteiger charge is -2.24. The van der Waals surface area contributed by atoms with Crippen LogP contribution in [0, 0.1) is 11.3 Å². The highest BCUT2D eigenvalue weighted by atomic mass is 16.5. The van der Waals surface area contributed by atoms with Gasteiger partial charge in [-0.3, -0.25) is 0 Å². The van der Waals surface area contributed by atoms with E-state index in [-0.39, 0.29) is 6.61 Å². The molecule has 0 saturated carbocycles. The highest BCUT2D eigenvalue weighted by Gasteiger charge is 2.24. The van der Waals surface area contributed by atoms with Crippen molar-refractivity contribution in [2.24, 2.45) is 0 Å². The molecule has 0 amide bonds. The summed E-state index contributed by atoms with van der Waals surface area (Å²) in [5.74, 6) is 0.964. The molecule has 0 aliphatic heterocycles. The van der Waals surface area contributed by atoms with Crippen LogP contribution in [-0.2, 0) is 5.60 Å². The topological polar surface area (TPSA) is 62.5 Å². The second-order valence-electron chi connectivity index (χ2n) is 4.91. The van der Waals surface area contributed by atoms with E-state index in [1.165, 1.54) is 7.11 Å². The van der Waals surface area contributed by atoms with Gasteiger partial charge in [0.2, 0.25) is 0 Å². The van der Waals surface area contributed by atoms with E-state index in [4.69, 9.17) is 14.7 Å². The lowest BCUT2D eigenvalue weighted by Crippen LogP contribution is -2.29. The van der Waals surface area contributed by atoms with Crippen LogP contribution in [0.5, 0.6) is 11.5 Å². The molecule has 2 rings (SSSR count). The molecule has 0 aliphatic rings. The number of aliphatic hydroxyl groups is 1. The van der Waals surface area contributed by atoms with Crippen LogP contribution >= 0.6 is 0 Å². The first kappa shape index (κ1) is 14.9. The Balaban J connectivity index is 2.15. The molecular formula is C17H17NO3. The molecule has 108 valence electrons. The summed E-state index contributed by atoms with van der Waals surface area (Å²) in [5.41, 5.74) is 0.159. The lowest BCUT2D eigenvalue weighted by molar-refractivity contribution is 0.00686. The third kappa shape index (κ3) is 3.53. The van der Waals surface area contributed by atoms with Crippen LogP contribution in [0.2, 0.25) is 0 Å². The van der Waals surface area contributed by atoms with E-state index in [0.717, 1.165) is 5.56 Å². The average molecular weight is 283 g/mol. The maximum absolute atomic E-state index is 10.5. The fourth-order valence-corrected chi connectivity index (χ4v) is 1.96. The van der Waals surface area contributed by atoms with Crippen LogP contribution in [0.1, 0.15) is 18.1 Å². The van der Waals surface area contributed by atoms with Gasteiger partial charge in [0, 0.05) is 6.07 Å². The molecule has 0 bridgehead atoms. The number of nitrogens with zero attached hydrogens (tertiary/aromatic N) is 1. The molecule has 0 radical (unpaired) electrons. The average Bonchev–Trinajstić information content (AvgIpc) is 2.53. The van der Waals surface area contributed by atoms with Crippen molar-refractivity contribution in [1.29, 1.82) is 5.26 Å². The Kier molecular flexibility index (Phi) is 4.46. The third-order valence-electron chi connectivity index (χ3n) is 3.20. The Bertz CT molecular complexity index is 645. The Morgan fingerprint density at radius 2 is 1.86 bits per heavy atom. The molecular weight excluding hydrogens is 266 g/mol. The molecule has 0 fully saturated rings. The van der Waals surface area contributed by atoms with Gasteiger partial charge in [-0.25, -0.2) is 0 Å². The quantitative estimate of drug-likeness (QED) is 0.916. The van der Waals surface area contributed by atoms with Crippen molar-refractivity contribution in [2.75, 3.05) is 13.7 Å². The third-order valence-corrected chi connectivity index (χ3v) is 3.20. The van der Waals surface area contributed by atoms with Gasteiger partial charge in [0.1, 0.15) is 12.2 Å². The van der Waals surface area contributed by atoms with Crippen molar-refractivity contribution in [3.8, 4) is 17.6 Å². The van der Waals surface area contributed by atoms with Crippen molar-refractivity contribution in [2.45, 2.75) is 12.5 Å². The van der Waals surface area contributed by atoms with E-state index in [0.29, 0.717) is 17.1 Å². The Morgan fingerprint density at radius 3 is 2.48 bits per heavy atom. The second kappa shape index (κ2) is 6.29. The van der Waals surface area contributed by atoms with E-state index in [1.807, 2.05) is 36.4 Å². The number of rotatable bonds is 5. The van der Waals surface area contributed by atoms with Crippen molar-refractivity contribution >= 4 is 0 Å². The maximum Gasteiger partial charge on any atom is 0.162 e. The van der Waals surface area contributed by atoms with Gasteiger partial charge in [-0.15, -0.1) is 0 Å². The summed E-state index contributed by atoms with van der Waals surface area (Å²) in [5, 5.41) is 19.4. The first-order valence-corrected chi connectivity index (χ1v) is 6.55. The van der Waals surface area contributed by atoms with Gasteiger partial charge in [0.15, 0.2) is 11.5 Å². The predicted molar refractivity (Wildman–Crippen MR) is 79.2 cm³/mol. The minimum atomic E-state index is -1.11. The summed E-state index contributed by atoms with van der Waals surface area (Å²) in [7, 11) is 1.51. The fraction of sp³-hybridized carbons (Fsp3) is 0.235. The van der Waals surface area contributed by atoms with Crippen LogP contribution in [0.3, 0.4) is 0 Å². The number of ether oxygens (including phenoxy) is 2. The zero-order valence-electron chi connectivity index (χ0n) is 12.0. The summed E-state index contributed by atoms with van der Waals surface area (Å²) in [6.45, 7) is 1.78. The number of benzene rings is 2. The molecule has 1 atom stereocenters. The smallest absolute Gasteiger partial charge is 0.162 e. The summed E-state index contributed by atoms with van der Waals surface area (Å²) < 4.78 is 10.9. The van der Waals surface area contributed by atoms with Crippen molar-refractivity contribution in [1.82, 2.24) is 0 Å². The van der Waals surface area contributed by atoms with Crippen molar-refractivity contribution < 1.29 is 14.6 Å². The molecule has 0 spiro atoms. The molecule has 0 aromatic heterocycles. The monoisotopic (exact) mass is 283 g/mol. The second-order valence-corrected chi connectivity index (χ2v) is 4.91. The maximum atomic E-state index is 10.5. The molecule has 0 aliphatic carbocycles. The Hall–Kier alpha value is -2.51. The van der Waals surface area contributed by atoms with E-state index in [2.05, 4.69) is 0 Å². The van der Waals surface area contributed by atoms with Gasteiger partial charge in [-0.2, -0.15) is 5.26 Å². The van der Waals surface area contributed by atoms with Crippen LogP contribution in [0.15, 0.2) is 48.5 Å². The van der Waals surface area contributed by atoms with Crippen LogP contribution < -0.4 is 9.47 Å². The number of hydrogen-bond donors (Lipinski definition) is 1. The zero-order valence-corrected chi connectivity index (χ0v) is 12.0. The molecule has 1 N–H and O–H groups in total. The summed E-state index contributed by atoms with van der Waals surface area (Å²) in [6.07, 6.45) is 0. The minimum Gasteiger partial charge on any atom is -0.493 e. The van der Waals surface area contributed by atoms with Crippen LogP contribution in [0.4, 0.5) is 0 Å². The van der Waals surface area contributed by atoms with E-state index in [1.54, 1.807) is 25.1 Å². The highest BCUT2D eigenvalue weighted by molar-refractivity contribution is 5.46. The summed E-state index contributed by atoms with van der Waals surface area (Å²) in [6, 6.07) is 16.3. The van der Waals surface area contributed by atoms with Gasteiger partial charge < -0.3 is 14.6 Å². The SMILES string of the molecule is COc1cc(C#N)ccc1OCC(C)(O)c1ccccc1. The zero-order chi connectivity index (χ0) is 15.3. The van der Waals surface area contributed by atoms with Gasteiger partial charge in [-0.1, -0.05) is 30.3 Å². The first-order chi connectivity index (χ1) is 10.1. The van der Waals surface area contributed by atoms with Crippen molar-refractivity contribution in [3.05, 3.63) is 59.7 Å². The van der Waals surface area contributed by atoms with Gasteiger partial charge in [0.25, 0.3) is 0 Å². The van der Waals surface area contributed by atoms with E-state index in [9.17, 15) is 5.11 Å². The number of methoxy groups -OCH3 is 1. The van der Waals surface area contributed by atoms with Crippen LogP contribution in [-0.4, -0.2) is 18.8 Å². The van der Waals surface area contributed by atoms with E-state index >= 15 is 0 Å². The standard InChI is InChI=1S/C17H17NO3/c1-17(19,14-6-4-3-5-7-14)12-21-15-9-8-13(11-18)10-16(15)20-2/h3-10,19H,12H2,1-2H3. The van der Waals surface area contributed by atoms with Crippen LogP contribution in [0.25, 0.3) is 0 Å². The highest BCUT2D eigenvalue weighted by Crippen LogP contribution is 2.30. The molecule has 4 nitrogen and oxygen atoms in total. The summed E-state index contributed by atoms with van der Waals surface area (Å²) in [4.78, 5) is 0.